The van der Waals surface area contributed by atoms with E-state index in [0.29, 0.717) is 0 Å². The zero-order valence-electron chi connectivity index (χ0n) is 9.88. The zero-order chi connectivity index (χ0) is 11.7. The minimum Gasteiger partial charge on any atom is -0.328 e. The van der Waals surface area contributed by atoms with Crippen molar-refractivity contribution in [3.8, 4) is 0 Å². The third-order valence-corrected chi connectivity index (χ3v) is 2.68. The molecule has 0 aliphatic carbocycles. The van der Waals surface area contributed by atoms with Gasteiger partial charge in [-0.15, -0.1) is 10.2 Å². The van der Waals surface area contributed by atoms with Crippen LogP contribution in [0.15, 0.2) is 18.7 Å². The first-order valence-electron chi connectivity index (χ1n) is 5.38. The Bertz CT molecular complexity index is 467. The van der Waals surface area contributed by atoms with Crippen molar-refractivity contribution in [2.75, 3.05) is 0 Å². The quantitative estimate of drug-likeness (QED) is 0.834. The molecule has 0 aromatic carbocycles. The second-order valence-corrected chi connectivity index (χ2v) is 4.23. The van der Waals surface area contributed by atoms with Crippen molar-refractivity contribution in [3.63, 3.8) is 0 Å². The van der Waals surface area contributed by atoms with Gasteiger partial charge in [-0.1, -0.05) is 0 Å². The van der Waals surface area contributed by atoms with E-state index in [-0.39, 0.29) is 6.04 Å². The van der Waals surface area contributed by atoms with Crippen LogP contribution in [0.2, 0.25) is 0 Å². The average molecular weight is 219 g/mol. The van der Waals surface area contributed by atoms with E-state index in [4.69, 9.17) is 5.73 Å². The monoisotopic (exact) mass is 219 g/mol. The number of hydrogen-bond acceptors (Lipinski definition) is 3. The Morgan fingerprint density at radius 1 is 1.31 bits per heavy atom. The molecule has 0 saturated carbocycles. The molecule has 0 radical (unpaired) electrons. The number of nitrogens with zero attached hydrogens (tertiary/aromatic N) is 4. The van der Waals surface area contributed by atoms with Gasteiger partial charge in [-0.2, -0.15) is 0 Å². The van der Waals surface area contributed by atoms with Gasteiger partial charge in [0.2, 0.25) is 0 Å². The molecule has 2 aromatic rings. The topological polar surface area (TPSA) is 61.7 Å². The SMILES string of the molecule is Cc1cc(CC(C)N)c(C)n1-n1cnnc1. The highest BCUT2D eigenvalue weighted by molar-refractivity contribution is 5.27. The van der Waals surface area contributed by atoms with Crippen LogP contribution in [0.25, 0.3) is 0 Å². The van der Waals surface area contributed by atoms with Crippen LogP contribution in [0.3, 0.4) is 0 Å². The van der Waals surface area contributed by atoms with Crippen LogP contribution in [0.1, 0.15) is 23.9 Å². The Morgan fingerprint density at radius 3 is 2.50 bits per heavy atom. The molecule has 16 heavy (non-hydrogen) atoms. The summed E-state index contributed by atoms with van der Waals surface area (Å²) in [7, 11) is 0. The van der Waals surface area contributed by atoms with Crippen molar-refractivity contribution in [1.82, 2.24) is 19.5 Å². The smallest absolute Gasteiger partial charge is 0.139 e. The number of aromatic nitrogens is 4. The van der Waals surface area contributed by atoms with E-state index < -0.39 is 0 Å². The third kappa shape index (κ3) is 1.86. The van der Waals surface area contributed by atoms with E-state index in [0.717, 1.165) is 12.1 Å². The maximum atomic E-state index is 5.83. The van der Waals surface area contributed by atoms with E-state index >= 15 is 0 Å². The van der Waals surface area contributed by atoms with Gasteiger partial charge < -0.3 is 5.73 Å². The normalized spacial score (nSPS) is 13.0. The molecule has 1 atom stereocenters. The van der Waals surface area contributed by atoms with Crippen molar-refractivity contribution in [2.24, 2.45) is 5.73 Å². The molecule has 0 aliphatic rings. The third-order valence-electron chi connectivity index (χ3n) is 2.68. The first-order chi connectivity index (χ1) is 7.59. The van der Waals surface area contributed by atoms with Crippen LogP contribution in [0.4, 0.5) is 0 Å². The molecule has 1 unspecified atom stereocenters. The standard InChI is InChI=1S/C11H17N5/c1-8(12)4-11-5-9(2)16(10(11)3)15-6-13-14-7-15/h5-8H,4,12H2,1-3H3. The van der Waals surface area contributed by atoms with E-state index in [1.165, 1.54) is 11.3 Å². The molecule has 5 nitrogen and oxygen atoms in total. The van der Waals surface area contributed by atoms with Crippen LogP contribution in [0.5, 0.6) is 0 Å². The molecule has 2 rings (SSSR count). The van der Waals surface area contributed by atoms with Crippen LogP contribution >= 0.6 is 0 Å². The van der Waals surface area contributed by atoms with Crippen molar-refractivity contribution in [1.29, 1.82) is 0 Å². The number of hydrogen-bond donors (Lipinski definition) is 1. The Kier molecular flexibility index (Phi) is 2.78. The summed E-state index contributed by atoms with van der Waals surface area (Å²) in [6.45, 7) is 6.17. The molecule has 2 aromatic heterocycles. The van der Waals surface area contributed by atoms with Crippen molar-refractivity contribution >= 4 is 0 Å². The van der Waals surface area contributed by atoms with E-state index in [9.17, 15) is 0 Å². The average Bonchev–Trinajstić information content (AvgIpc) is 2.76. The van der Waals surface area contributed by atoms with Gasteiger partial charge >= 0.3 is 0 Å². The molecular formula is C11H17N5. The fourth-order valence-corrected chi connectivity index (χ4v) is 2.03. The fraction of sp³-hybridized carbons (Fsp3) is 0.455. The minimum atomic E-state index is 0.176. The molecule has 2 N–H and O–H groups in total. The molecule has 2 heterocycles. The summed E-state index contributed by atoms with van der Waals surface area (Å²) in [6.07, 6.45) is 4.27. The Labute approximate surface area is 94.9 Å². The number of rotatable bonds is 3. The summed E-state index contributed by atoms with van der Waals surface area (Å²) < 4.78 is 3.95. The molecular weight excluding hydrogens is 202 g/mol. The zero-order valence-corrected chi connectivity index (χ0v) is 9.88. The summed E-state index contributed by atoms with van der Waals surface area (Å²) in [6, 6.07) is 2.34. The Hall–Kier alpha value is -1.62. The van der Waals surface area contributed by atoms with Gasteiger partial charge in [0.1, 0.15) is 12.7 Å². The summed E-state index contributed by atoms with van der Waals surface area (Å²) in [5.74, 6) is 0. The lowest BCUT2D eigenvalue weighted by Crippen LogP contribution is -2.18. The molecule has 0 saturated heterocycles. The summed E-state index contributed by atoms with van der Waals surface area (Å²) in [5.41, 5.74) is 9.46. The van der Waals surface area contributed by atoms with Gasteiger partial charge in [-0.05, 0) is 38.8 Å². The van der Waals surface area contributed by atoms with Gasteiger partial charge in [0.15, 0.2) is 0 Å². The molecule has 0 amide bonds. The van der Waals surface area contributed by atoms with Gasteiger partial charge in [-0.3, -0.25) is 4.68 Å². The van der Waals surface area contributed by atoms with Crippen molar-refractivity contribution in [3.05, 3.63) is 35.7 Å². The highest BCUT2D eigenvalue weighted by atomic mass is 15.5. The summed E-state index contributed by atoms with van der Waals surface area (Å²) in [4.78, 5) is 0. The lowest BCUT2D eigenvalue weighted by atomic mass is 10.1. The van der Waals surface area contributed by atoms with E-state index in [1.807, 2.05) is 11.6 Å². The lowest BCUT2D eigenvalue weighted by Gasteiger charge is -2.10. The highest BCUT2D eigenvalue weighted by Gasteiger charge is 2.11. The summed E-state index contributed by atoms with van der Waals surface area (Å²) >= 11 is 0. The fourth-order valence-electron chi connectivity index (χ4n) is 2.03. The van der Waals surface area contributed by atoms with Crippen LogP contribution < -0.4 is 5.73 Å². The Morgan fingerprint density at radius 2 is 1.94 bits per heavy atom. The van der Waals surface area contributed by atoms with Crippen molar-refractivity contribution < 1.29 is 0 Å². The van der Waals surface area contributed by atoms with Gasteiger partial charge in [0.05, 0.1) is 0 Å². The number of nitrogens with two attached hydrogens (primary N) is 1. The molecule has 0 aliphatic heterocycles. The van der Waals surface area contributed by atoms with Gasteiger partial charge in [0.25, 0.3) is 0 Å². The van der Waals surface area contributed by atoms with Crippen LogP contribution in [-0.4, -0.2) is 25.6 Å². The predicted octanol–water partition coefficient (Wildman–Crippen LogP) is 0.898. The molecule has 0 bridgehead atoms. The van der Waals surface area contributed by atoms with Gasteiger partial charge in [0, 0.05) is 17.4 Å². The first kappa shape index (κ1) is 10.9. The van der Waals surface area contributed by atoms with E-state index in [1.54, 1.807) is 12.7 Å². The molecule has 0 fully saturated rings. The first-order valence-corrected chi connectivity index (χ1v) is 5.38. The predicted molar refractivity (Wildman–Crippen MR) is 62.1 cm³/mol. The second kappa shape index (κ2) is 4.09. The second-order valence-electron chi connectivity index (χ2n) is 4.23. The van der Waals surface area contributed by atoms with Crippen LogP contribution in [0, 0.1) is 13.8 Å². The minimum absolute atomic E-state index is 0.176. The molecule has 5 heteroatoms. The maximum Gasteiger partial charge on any atom is 0.139 e. The number of aryl methyl sites for hydroxylation is 1. The largest absolute Gasteiger partial charge is 0.328 e. The molecule has 0 spiro atoms. The molecule has 86 valence electrons. The maximum absolute atomic E-state index is 5.83. The van der Waals surface area contributed by atoms with E-state index in [2.05, 4.69) is 34.8 Å². The highest BCUT2D eigenvalue weighted by Crippen LogP contribution is 2.16. The van der Waals surface area contributed by atoms with Gasteiger partial charge in [-0.25, -0.2) is 4.68 Å². The lowest BCUT2D eigenvalue weighted by molar-refractivity contribution is 0.616. The van der Waals surface area contributed by atoms with Crippen LogP contribution in [-0.2, 0) is 6.42 Å². The van der Waals surface area contributed by atoms with Crippen molar-refractivity contribution in [2.45, 2.75) is 33.2 Å². The Balaban J connectivity index is 2.43. The summed E-state index contributed by atoms with van der Waals surface area (Å²) in [5, 5.41) is 7.64.